The zero-order valence-electron chi connectivity index (χ0n) is 15.6. The Balaban J connectivity index is 2.14. The lowest BCUT2D eigenvalue weighted by Crippen LogP contribution is -2.25. The van der Waals surface area contributed by atoms with E-state index in [9.17, 15) is 8.42 Å². The summed E-state index contributed by atoms with van der Waals surface area (Å²) < 4.78 is 41.2. The highest BCUT2D eigenvalue weighted by molar-refractivity contribution is 7.91. The molecule has 6 nitrogen and oxygen atoms in total. The van der Waals surface area contributed by atoms with Crippen LogP contribution in [-0.4, -0.2) is 54.0 Å². The van der Waals surface area contributed by atoms with Crippen molar-refractivity contribution >= 4 is 9.84 Å². The fourth-order valence-corrected chi connectivity index (χ4v) is 3.97. The number of nitrogens with zero attached hydrogens (tertiary/aromatic N) is 1. The molecule has 2 aromatic rings. The van der Waals surface area contributed by atoms with Crippen molar-refractivity contribution in [2.24, 2.45) is 0 Å². The molecule has 7 heteroatoms. The number of sulfone groups is 1. The molecule has 2 rings (SSSR count). The summed E-state index contributed by atoms with van der Waals surface area (Å²) in [5, 5.41) is 0. The molecule has 0 spiro atoms. The maximum absolute atomic E-state index is 12.7. The molecule has 0 saturated heterocycles. The highest BCUT2D eigenvalue weighted by Gasteiger charge is 2.21. The van der Waals surface area contributed by atoms with Gasteiger partial charge in [-0.15, -0.1) is 0 Å². The summed E-state index contributed by atoms with van der Waals surface area (Å²) in [4.78, 5) is 2.13. The quantitative estimate of drug-likeness (QED) is 0.667. The standard InChI is InChI=1S/C19H25NO5S/c1-20(14-15-8-6-5-7-9-15)10-11-26(21,22)16-12-17(23-2)19(25-4)18(13-16)24-3/h5-9,12-13H,10-11,14H2,1-4H3. The van der Waals surface area contributed by atoms with Crippen molar-refractivity contribution in [3.63, 3.8) is 0 Å². The van der Waals surface area contributed by atoms with Gasteiger partial charge in [-0.2, -0.15) is 0 Å². The molecule has 0 fully saturated rings. The molecule has 26 heavy (non-hydrogen) atoms. The van der Waals surface area contributed by atoms with Crippen LogP contribution in [0.1, 0.15) is 5.56 Å². The van der Waals surface area contributed by atoms with Crippen molar-refractivity contribution in [3.8, 4) is 17.2 Å². The van der Waals surface area contributed by atoms with Gasteiger partial charge in [0.25, 0.3) is 0 Å². The van der Waals surface area contributed by atoms with Crippen molar-refractivity contribution in [2.75, 3.05) is 40.7 Å². The fourth-order valence-electron chi connectivity index (χ4n) is 2.60. The lowest BCUT2D eigenvalue weighted by atomic mass is 10.2. The molecule has 0 atom stereocenters. The van der Waals surface area contributed by atoms with E-state index in [-0.39, 0.29) is 10.6 Å². The molecule has 0 heterocycles. The number of benzene rings is 2. The van der Waals surface area contributed by atoms with E-state index in [2.05, 4.69) is 0 Å². The molecular weight excluding hydrogens is 354 g/mol. The third-order valence-electron chi connectivity index (χ3n) is 4.03. The van der Waals surface area contributed by atoms with Crippen molar-refractivity contribution in [3.05, 3.63) is 48.0 Å². The highest BCUT2D eigenvalue weighted by atomic mass is 32.2. The van der Waals surface area contributed by atoms with E-state index in [4.69, 9.17) is 14.2 Å². The van der Waals surface area contributed by atoms with Crippen molar-refractivity contribution in [2.45, 2.75) is 11.4 Å². The number of hydrogen-bond acceptors (Lipinski definition) is 6. The summed E-state index contributed by atoms with van der Waals surface area (Å²) in [6.07, 6.45) is 0. The molecule has 0 N–H and O–H groups in total. The first kappa shape index (κ1) is 20.1. The minimum Gasteiger partial charge on any atom is -0.493 e. The average Bonchev–Trinajstić information content (AvgIpc) is 2.66. The zero-order chi connectivity index (χ0) is 19.2. The van der Waals surface area contributed by atoms with Gasteiger partial charge in [0.05, 0.1) is 32.0 Å². The van der Waals surface area contributed by atoms with Gasteiger partial charge in [-0.1, -0.05) is 30.3 Å². The first-order valence-corrected chi connectivity index (χ1v) is 9.81. The van der Waals surface area contributed by atoms with Crippen LogP contribution >= 0.6 is 0 Å². The van der Waals surface area contributed by atoms with Crippen LogP contribution in [0.25, 0.3) is 0 Å². The minimum absolute atomic E-state index is 0.00499. The summed E-state index contributed by atoms with van der Waals surface area (Å²) in [5.74, 6) is 1.01. The molecule has 0 aliphatic carbocycles. The van der Waals surface area contributed by atoms with Crippen LogP contribution in [0.15, 0.2) is 47.4 Å². The molecule has 0 aromatic heterocycles. The molecule has 0 aliphatic heterocycles. The lowest BCUT2D eigenvalue weighted by molar-refractivity contribution is 0.322. The predicted molar refractivity (Wildman–Crippen MR) is 101 cm³/mol. The van der Waals surface area contributed by atoms with E-state index in [1.807, 2.05) is 42.3 Å². The average molecular weight is 379 g/mol. The van der Waals surface area contributed by atoms with Crippen LogP contribution in [0.2, 0.25) is 0 Å². The van der Waals surface area contributed by atoms with Gasteiger partial charge >= 0.3 is 0 Å². The van der Waals surface area contributed by atoms with Crippen molar-refractivity contribution in [1.29, 1.82) is 0 Å². The SMILES string of the molecule is COc1cc(S(=O)(=O)CCN(C)Cc2ccccc2)cc(OC)c1OC. The third-order valence-corrected chi connectivity index (χ3v) is 5.71. The third kappa shape index (κ3) is 4.89. The van der Waals surface area contributed by atoms with E-state index < -0.39 is 9.84 Å². The molecule has 0 bridgehead atoms. The van der Waals surface area contributed by atoms with E-state index in [1.54, 1.807) is 0 Å². The number of rotatable bonds is 9. The number of hydrogen-bond donors (Lipinski definition) is 0. The Kier molecular flexibility index (Phi) is 6.88. The Morgan fingerprint density at radius 3 is 2.00 bits per heavy atom. The molecule has 0 radical (unpaired) electrons. The summed E-state index contributed by atoms with van der Waals surface area (Å²) >= 11 is 0. The van der Waals surface area contributed by atoms with Crippen LogP contribution in [0, 0.1) is 0 Å². The van der Waals surface area contributed by atoms with Gasteiger partial charge in [0, 0.05) is 25.2 Å². The molecular formula is C19H25NO5S. The lowest BCUT2D eigenvalue weighted by Gasteiger charge is -2.18. The Morgan fingerprint density at radius 2 is 1.50 bits per heavy atom. The Bertz CT molecular complexity index is 796. The van der Waals surface area contributed by atoms with Gasteiger partial charge < -0.3 is 19.1 Å². The van der Waals surface area contributed by atoms with E-state index >= 15 is 0 Å². The first-order valence-electron chi connectivity index (χ1n) is 8.16. The van der Waals surface area contributed by atoms with Gasteiger partial charge in [-0.25, -0.2) is 8.42 Å². The van der Waals surface area contributed by atoms with Crippen LogP contribution in [0.3, 0.4) is 0 Å². The van der Waals surface area contributed by atoms with E-state index in [0.717, 1.165) is 5.56 Å². The second kappa shape index (κ2) is 8.91. The van der Waals surface area contributed by atoms with Crippen molar-refractivity contribution < 1.29 is 22.6 Å². The maximum atomic E-state index is 12.7. The summed E-state index contributed by atoms with van der Waals surface area (Å²) in [5.41, 5.74) is 1.14. The fraction of sp³-hybridized carbons (Fsp3) is 0.368. The zero-order valence-corrected chi connectivity index (χ0v) is 16.4. The number of ether oxygens (including phenoxy) is 3. The molecule has 142 valence electrons. The van der Waals surface area contributed by atoms with E-state index in [1.165, 1.54) is 33.5 Å². The van der Waals surface area contributed by atoms with Gasteiger partial charge in [0.15, 0.2) is 21.3 Å². The van der Waals surface area contributed by atoms with Crippen LogP contribution in [-0.2, 0) is 16.4 Å². The summed E-state index contributed by atoms with van der Waals surface area (Å²) in [6, 6.07) is 12.9. The normalized spacial score (nSPS) is 11.4. The topological polar surface area (TPSA) is 65.1 Å². The predicted octanol–water partition coefficient (Wildman–Crippen LogP) is 2.62. The van der Waals surface area contributed by atoms with Gasteiger partial charge in [0.2, 0.25) is 5.75 Å². The van der Waals surface area contributed by atoms with E-state index in [0.29, 0.717) is 30.3 Å². The van der Waals surface area contributed by atoms with Crippen LogP contribution in [0.5, 0.6) is 17.2 Å². The Hall–Kier alpha value is -2.25. The molecule has 0 amide bonds. The van der Waals surface area contributed by atoms with Crippen molar-refractivity contribution in [1.82, 2.24) is 4.90 Å². The smallest absolute Gasteiger partial charge is 0.203 e. The van der Waals surface area contributed by atoms with Gasteiger partial charge in [-0.3, -0.25) is 0 Å². The van der Waals surface area contributed by atoms with Gasteiger partial charge in [0.1, 0.15) is 0 Å². The first-order chi connectivity index (χ1) is 12.4. The molecule has 2 aromatic carbocycles. The Morgan fingerprint density at radius 1 is 0.923 bits per heavy atom. The second-order valence-electron chi connectivity index (χ2n) is 5.90. The monoisotopic (exact) mass is 379 g/mol. The molecule has 0 saturated carbocycles. The second-order valence-corrected chi connectivity index (χ2v) is 8.01. The van der Waals surface area contributed by atoms with Crippen LogP contribution < -0.4 is 14.2 Å². The minimum atomic E-state index is -3.50. The summed E-state index contributed by atoms with van der Waals surface area (Å²) in [7, 11) is 2.80. The maximum Gasteiger partial charge on any atom is 0.203 e. The summed E-state index contributed by atoms with van der Waals surface area (Å²) in [6.45, 7) is 1.10. The van der Waals surface area contributed by atoms with Crippen LogP contribution in [0.4, 0.5) is 0 Å². The Labute approximate surface area is 155 Å². The highest BCUT2D eigenvalue weighted by Crippen LogP contribution is 2.39. The van der Waals surface area contributed by atoms with Gasteiger partial charge in [-0.05, 0) is 12.6 Å². The molecule has 0 aliphatic rings. The number of methoxy groups -OCH3 is 3. The molecule has 0 unspecified atom stereocenters. The largest absolute Gasteiger partial charge is 0.493 e.